The fourth-order valence-electron chi connectivity index (χ4n) is 1.65. The van der Waals surface area contributed by atoms with Gasteiger partial charge < -0.3 is 9.64 Å². The summed E-state index contributed by atoms with van der Waals surface area (Å²) in [5, 5.41) is 0. The quantitative estimate of drug-likeness (QED) is 0.772. The Kier molecular flexibility index (Phi) is 5.41. The lowest BCUT2D eigenvalue weighted by molar-refractivity contribution is 0.0717. The lowest BCUT2D eigenvalue weighted by atomic mass is 10.1. The molecule has 0 radical (unpaired) electrons. The van der Waals surface area contributed by atoms with Crippen LogP contribution in [0, 0.1) is 5.82 Å². The first-order valence-electron chi connectivity index (χ1n) is 5.71. The highest BCUT2D eigenvalue weighted by Crippen LogP contribution is 2.19. The van der Waals surface area contributed by atoms with E-state index in [1.807, 2.05) is 13.8 Å². The molecule has 3 nitrogen and oxygen atoms in total. The number of alkyl halides is 1. The number of nitrogens with zero attached hydrogens (tertiary/aromatic N) is 1. The predicted molar refractivity (Wildman–Crippen MR) is 69.8 cm³/mol. The first kappa shape index (κ1) is 14.8. The van der Waals surface area contributed by atoms with E-state index < -0.39 is 5.82 Å². The van der Waals surface area contributed by atoms with Gasteiger partial charge in [0.2, 0.25) is 0 Å². The van der Waals surface area contributed by atoms with Gasteiger partial charge in [0.15, 0.2) is 11.6 Å². The average Bonchev–Trinajstić information content (AvgIpc) is 2.34. The van der Waals surface area contributed by atoms with Crippen LogP contribution < -0.4 is 4.74 Å². The van der Waals surface area contributed by atoms with Gasteiger partial charge in [-0.1, -0.05) is 0 Å². The van der Waals surface area contributed by atoms with Gasteiger partial charge in [0.05, 0.1) is 7.11 Å². The molecule has 0 saturated heterocycles. The van der Waals surface area contributed by atoms with Gasteiger partial charge in [-0.25, -0.2) is 4.39 Å². The molecule has 0 aliphatic carbocycles. The number of methoxy groups -OCH3 is 1. The number of hydrogen-bond acceptors (Lipinski definition) is 2. The van der Waals surface area contributed by atoms with Gasteiger partial charge in [-0.15, -0.1) is 11.6 Å². The Hall–Kier alpha value is -1.29. The second kappa shape index (κ2) is 6.59. The molecule has 0 atom stereocenters. The fourth-order valence-corrected chi connectivity index (χ4v) is 1.83. The van der Waals surface area contributed by atoms with Crippen LogP contribution in [0.15, 0.2) is 18.2 Å². The van der Waals surface area contributed by atoms with Gasteiger partial charge in [0.1, 0.15) is 0 Å². The number of carbonyl (C=O) groups excluding carboxylic acids is 1. The topological polar surface area (TPSA) is 29.5 Å². The lowest BCUT2D eigenvalue weighted by Crippen LogP contribution is -2.38. The van der Waals surface area contributed by atoms with Crippen molar-refractivity contribution >= 4 is 17.5 Å². The maximum absolute atomic E-state index is 13.5. The zero-order chi connectivity index (χ0) is 13.7. The molecule has 18 heavy (non-hydrogen) atoms. The van der Waals surface area contributed by atoms with Crippen LogP contribution >= 0.6 is 11.6 Å². The molecule has 1 amide bonds. The van der Waals surface area contributed by atoms with Crippen molar-refractivity contribution in [2.45, 2.75) is 19.9 Å². The molecule has 1 aromatic rings. The normalized spacial score (nSPS) is 10.6. The van der Waals surface area contributed by atoms with E-state index in [0.717, 1.165) is 0 Å². The van der Waals surface area contributed by atoms with E-state index in [1.165, 1.54) is 19.2 Å². The highest BCUT2D eigenvalue weighted by molar-refractivity contribution is 6.18. The summed E-state index contributed by atoms with van der Waals surface area (Å²) in [4.78, 5) is 13.8. The monoisotopic (exact) mass is 273 g/mol. The molecule has 100 valence electrons. The Morgan fingerprint density at radius 3 is 2.61 bits per heavy atom. The third-order valence-corrected chi connectivity index (χ3v) is 2.78. The summed E-state index contributed by atoms with van der Waals surface area (Å²) in [7, 11) is 1.38. The molecule has 0 aromatic heterocycles. The van der Waals surface area contributed by atoms with Gasteiger partial charge in [0.25, 0.3) is 5.91 Å². The van der Waals surface area contributed by atoms with Gasteiger partial charge in [-0.3, -0.25) is 4.79 Å². The molecule has 0 saturated carbocycles. The molecule has 0 N–H and O–H groups in total. The summed E-state index contributed by atoms with van der Waals surface area (Å²) >= 11 is 5.66. The van der Waals surface area contributed by atoms with Crippen LogP contribution in [0.1, 0.15) is 24.2 Å². The first-order valence-corrected chi connectivity index (χ1v) is 6.25. The summed E-state index contributed by atoms with van der Waals surface area (Å²) in [6, 6.07) is 4.20. The third-order valence-electron chi connectivity index (χ3n) is 2.61. The number of halogens is 2. The van der Waals surface area contributed by atoms with Crippen molar-refractivity contribution in [3.63, 3.8) is 0 Å². The Balaban J connectivity index is 2.98. The number of hydrogen-bond donors (Lipinski definition) is 0. The molecule has 0 bridgehead atoms. The Bertz CT molecular complexity index is 423. The lowest BCUT2D eigenvalue weighted by Gasteiger charge is -2.26. The van der Waals surface area contributed by atoms with Gasteiger partial charge >= 0.3 is 0 Å². The van der Waals surface area contributed by atoms with E-state index in [-0.39, 0.29) is 17.7 Å². The van der Waals surface area contributed by atoms with E-state index in [4.69, 9.17) is 16.3 Å². The number of benzene rings is 1. The molecule has 0 heterocycles. The second-order valence-corrected chi connectivity index (χ2v) is 4.51. The maximum atomic E-state index is 13.5. The van der Waals surface area contributed by atoms with Crippen LogP contribution in [0.5, 0.6) is 5.75 Å². The van der Waals surface area contributed by atoms with Crippen molar-refractivity contribution in [3.8, 4) is 5.75 Å². The van der Waals surface area contributed by atoms with Crippen LogP contribution in [0.3, 0.4) is 0 Å². The van der Waals surface area contributed by atoms with Gasteiger partial charge in [-0.05, 0) is 32.0 Å². The van der Waals surface area contributed by atoms with E-state index in [0.29, 0.717) is 18.0 Å². The van der Waals surface area contributed by atoms with E-state index in [1.54, 1.807) is 11.0 Å². The molecular formula is C13H17ClFNO2. The molecule has 0 fully saturated rings. The first-order chi connectivity index (χ1) is 8.51. The minimum Gasteiger partial charge on any atom is -0.494 e. The van der Waals surface area contributed by atoms with Crippen molar-refractivity contribution in [3.05, 3.63) is 29.6 Å². The van der Waals surface area contributed by atoms with E-state index >= 15 is 0 Å². The predicted octanol–water partition coefficient (Wildman–Crippen LogP) is 2.92. The third kappa shape index (κ3) is 3.35. The number of rotatable bonds is 5. The largest absolute Gasteiger partial charge is 0.494 e. The van der Waals surface area contributed by atoms with Crippen LogP contribution in [0.25, 0.3) is 0 Å². The van der Waals surface area contributed by atoms with Crippen LogP contribution in [0.2, 0.25) is 0 Å². The molecule has 0 aliphatic rings. The van der Waals surface area contributed by atoms with Crippen molar-refractivity contribution in [2.75, 3.05) is 19.5 Å². The molecular weight excluding hydrogens is 257 g/mol. The minimum absolute atomic E-state index is 0.0152. The summed E-state index contributed by atoms with van der Waals surface area (Å²) < 4.78 is 18.4. The van der Waals surface area contributed by atoms with Gasteiger partial charge in [0, 0.05) is 24.0 Å². The maximum Gasteiger partial charge on any atom is 0.254 e. The zero-order valence-corrected chi connectivity index (χ0v) is 11.5. The summed E-state index contributed by atoms with van der Waals surface area (Å²) in [5.41, 5.74) is 0.298. The molecule has 0 spiro atoms. The van der Waals surface area contributed by atoms with Crippen LogP contribution in [0.4, 0.5) is 4.39 Å². The highest BCUT2D eigenvalue weighted by Gasteiger charge is 2.19. The van der Waals surface area contributed by atoms with Crippen LogP contribution in [-0.2, 0) is 0 Å². The molecule has 0 aliphatic heterocycles. The number of ether oxygens (including phenoxy) is 1. The summed E-state index contributed by atoms with van der Waals surface area (Å²) in [6.07, 6.45) is 0. The highest BCUT2D eigenvalue weighted by atomic mass is 35.5. The molecule has 0 unspecified atom stereocenters. The van der Waals surface area contributed by atoms with E-state index in [9.17, 15) is 9.18 Å². The molecule has 1 rings (SSSR count). The Labute approximate surface area is 111 Å². The van der Waals surface area contributed by atoms with Gasteiger partial charge in [-0.2, -0.15) is 0 Å². The van der Waals surface area contributed by atoms with E-state index in [2.05, 4.69) is 0 Å². The summed E-state index contributed by atoms with van der Waals surface area (Å²) in [6.45, 7) is 4.22. The standard InChI is InChI=1S/C13H17ClFNO2/c1-9(2)16(7-6-14)13(17)10-4-5-12(18-3)11(15)8-10/h4-5,8-9H,6-7H2,1-3H3. The number of carbonyl (C=O) groups is 1. The van der Waals surface area contributed by atoms with Crippen molar-refractivity contribution in [2.24, 2.45) is 0 Å². The zero-order valence-electron chi connectivity index (χ0n) is 10.7. The summed E-state index contributed by atoms with van der Waals surface area (Å²) in [5.74, 6) is -0.298. The molecule has 5 heteroatoms. The average molecular weight is 274 g/mol. The Morgan fingerprint density at radius 2 is 2.17 bits per heavy atom. The molecule has 1 aromatic carbocycles. The minimum atomic E-state index is -0.544. The SMILES string of the molecule is COc1ccc(C(=O)N(CCCl)C(C)C)cc1F. The second-order valence-electron chi connectivity index (χ2n) is 4.13. The Morgan fingerprint density at radius 1 is 1.50 bits per heavy atom. The fraction of sp³-hybridized carbons (Fsp3) is 0.462. The van der Waals surface area contributed by atoms with Crippen molar-refractivity contribution < 1.29 is 13.9 Å². The van der Waals surface area contributed by atoms with Crippen molar-refractivity contribution in [1.29, 1.82) is 0 Å². The van der Waals surface area contributed by atoms with Crippen molar-refractivity contribution in [1.82, 2.24) is 4.90 Å². The smallest absolute Gasteiger partial charge is 0.254 e. The number of amides is 1. The van der Waals surface area contributed by atoms with Crippen LogP contribution in [-0.4, -0.2) is 36.4 Å².